The number of aryl methyl sites for hydroxylation is 2. The monoisotopic (exact) mass is 308 g/mol. The molecule has 1 saturated heterocycles. The SMILES string of the molecule is CS(=O)(=O)N1CCCC1C(=O)Nc1ccc2c(c1)CCC2. The van der Waals surface area contributed by atoms with E-state index < -0.39 is 16.1 Å². The molecule has 0 saturated carbocycles. The van der Waals surface area contributed by atoms with Gasteiger partial charge in [-0.25, -0.2) is 8.42 Å². The van der Waals surface area contributed by atoms with Crippen molar-refractivity contribution in [3.05, 3.63) is 29.3 Å². The van der Waals surface area contributed by atoms with Crippen LogP contribution in [0.2, 0.25) is 0 Å². The fourth-order valence-corrected chi connectivity index (χ4v) is 4.40. The molecule has 3 rings (SSSR count). The molecule has 1 aliphatic carbocycles. The van der Waals surface area contributed by atoms with Crippen molar-refractivity contribution < 1.29 is 13.2 Å². The van der Waals surface area contributed by atoms with Gasteiger partial charge in [0.25, 0.3) is 0 Å². The Hall–Kier alpha value is -1.40. The number of benzene rings is 1. The van der Waals surface area contributed by atoms with Gasteiger partial charge < -0.3 is 5.32 Å². The summed E-state index contributed by atoms with van der Waals surface area (Å²) < 4.78 is 24.7. The molecule has 1 fully saturated rings. The zero-order chi connectivity index (χ0) is 15.0. The highest BCUT2D eigenvalue weighted by Crippen LogP contribution is 2.26. The first-order valence-corrected chi connectivity index (χ1v) is 9.19. The summed E-state index contributed by atoms with van der Waals surface area (Å²) >= 11 is 0. The zero-order valence-electron chi connectivity index (χ0n) is 12.1. The van der Waals surface area contributed by atoms with E-state index in [0.29, 0.717) is 13.0 Å². The highest BCUT2D eigenvalue weighted by Gasteiger charge is 2.36. The molecule has 1 atom stereocenters. The van der Waals surface area contributed by atoms with Crippen LogP contribution in [-0.2, 0) is 27.7 Å². The topological polar surface area (TPSA) is 66.5 Å². The van der Waals surface area contributed by atoms with Crippen molar-refractivity contribution in [2.24, 2.45) is 0 Å². The Bertz CT molecular complexity index is 669. The second-order valence-electron chi connectivity index (χ2n) is 5.86. The maximum Gasteiger partial charge on any atom is 0.242 e. The first-order valence-electron chi connectivity index (χ1n) is 7.34. The van der Waals surface area contributed by atoms with E-state index in [-0.39, 0.29) is 5.91 Å². The van der Waals surface area contributed by atoms with Gasteiger partial charge in [0.1, 0.15) is 6.04 Å². The van der Waals surface area contributed by atoms with E-state index >= 15 is 0 Å². The van der Waals surface area contributed by atoms with Crippen molar-refractivity contribution in [1.29, 1.82) is 0 Å². The van der Waals surface area contributed by atoms with Crippen LogP contribution < -0.4 is 5.32 Å². The Morgan fingerprint density at radius 1 is 1.24 bits per heavy atom. The van der Waals surface area contributed by atoms with Crippen molar-refractivity contribution in [3.8, 4) is 0 Å². The molecule has 1 heterocycles. The summed E-state index contributed by atoms with van der Waals surface area (Å²) in [7, 11) is -3.33. The second kappa shape index (κ2) is 5.42. The molecule has 5 nitrogen and oxygen atoms in total. The lowest BCUT2D eigenvalue weighted by Crippen LogP contribution is -2.42. The number of hydrogen-bond donors (Lipinski definition) is 1. The van der Waals surface area contributed by atoms with Gasteiger partial charge in [-0.05, 0) is 55.4 Å². The molecule has 2 aliphatic rings. The molecule has 1 amide bonds. The van der Waals surface area contributed by atoms with E-state index in [1.54, 1.807) is 0 Å². The molecule has 1 aromatic carbocycles. The van der Waals surface area contributed by atoms with E-state index in [1.807, 2.05) is 12.1 Å². The van der Waals surface area contributed by atoms with Crippen LogP contribution in [0.3, 0.4) is 0 Å². The molecule has 1 N–H and O–H groups in total. The number of anilines is 1. The van der Waals surface area contributed by atoms with Gasteiger partial charge in [0, 0.05) is 12.2 Å². The van der Waals surface area contributed by atoms with Crippen molar-refractivity contribution in [1.82, 2.24) is 4.31 Å². The minimum atomic E-state index is -3.33. The molecular weight excluding hydrogens is 288 g/mol. The number of sulfonamides is 1. The molecule has 6 heteroatoms. The van der Waals surface area contributed by atoms with E-state index in [2.05, 4.69) is 11.4 Å². The van der Waals surface area contributed by atoms with Gasteiger partial charge in [0.15, 0.2) is 0 Å². The van der Waals surface area contributed by atoms with E-state index in [0.717, 1.165) is 37.6 Å². The first kappa shape index (κ1) is 14.5. The normalized spacial score (nSPS) is 22.2. The number of hydrogen-bond acceptors (Lipinski definition) is 3. The summed E-state index contributed by atoms with van der Waals surface area (Å²) in [6.07, 6.45) is 5.80. The van der Waals surface area contributed by atoms with E-state index in [1.165, 1.54) is 15.4 Å². The van der Waals surface area contributed by atoms with Crippen LogP contribution in [0.1, 0.15) is 30.4 Å². The molecule has 1 aliphatic heterocycles. The smallest absolute Gasteiger partial charge is 0.242 e. The van der Waals surface area contributed by atoms with Crippen molar-refractivity contribution in [2.75, 3.05) is 18.1 Å². The van der Waals surface area contributed by atoms with Crippen molar-refractivity contribution >= 4 is 21.6 Å². The maximum absolute atomic E-state index is 12.4. The zero-order valence-corrected chi connectivity index (χ0v) is 12.9. The van der Waals surface area contributed by atoms with Crippen molar-refractivity contribution in [2.45, 2.75) is 38.1 Å². The Kier molecular flexibility index (Phi) is 3.75. The van der Waals surface area contributed by atoms with Gasteiger partial charge in [0.2, 0.25) is 15.9 Å². The van der Waals surface area contributed by atoms with Gasteiger partial charge in [-0.3, -0.25) is 4.79 Å². The maximum atomic E-state index is 12.4. The van der Waals surface area contributed by atoms with Gasteiger partial charge in [-0.2, -0.15) is 4.31 Å². The number of amides is 1. The fourth-order valence-electron chi connectivity index (χ4n) is 3.27. The third-order valence-electron chi connectivity index (χ3n) is 4.30. The molecule has 0 radical (unpaired) electrons. The summed E-state index contributed by atoms with van der Waals surface area (Å²) in [5.41, 5.74) is 3.41. The predicted octanol–water partition coefficient (Wildman–Crippen LogP) is 1.54. The molecule has 0 spiro atoms. The van der Waals surface area contributed by atoms with Crippen LogP contribution in [0, 0.1) is 0 Å². The van der Waals surface area contributed by atoms with Gasteiger partial charge >= 0.3 is 0 Å². The number of nitrogens with one attached hydrogen (secondary N) is 1. The largest absolute Gasteiger partial charge is 0.325 e. The molecule has 0 aromatic heterocycles. The Morgan fingerprint density at radius 3 is 2.76 bits per heavy atom. The number of fused-ring (bicyclic) bond motifs is 1. The number of rotatable bonds is 3. The van der Waals surface area contributed by atoms with E-state index in [4.69, 9.17) is 0 Å². The number of nitrogens with zero attached hydrogens (tertiary/aromatic N) is 1. The summed E-state index contributed by atoms with van der Waals surface area (Å²) in [6, 6.07) is 5.40. The van der Waals surface area contributed by atoms with Crippen LogP contribution >= 0.6 is 0 Å². The highest BCUT2D eigenvalue weighted by atomic mass is 32.2. The Balaban J connectivity index is 1.74. The molecule has 21 heavy (non-hydrogen) atoms. The second-order valence-corrected chi connectivity index (χ2v) is 7.79. The lowest BCUT2D eigenvalue weighted by atomic mass is 10.1. The summed E-state index contributed by atoms with van der Waals surface area (Å²) in [5.74, 6) is -0.226. The summed E-state index contributed by atoms with van der Waals surface area (Å²) in [4.78, 5) is 12.4. The van der Waals surface area contributed by atoms with Crippen LogP contribution in [0.15, 0.2) is 18.2 Å². The quantitative estimate of drug-likeness (QED) is 0.921. The van der Waals surface area contributed by atoms with Gasteiger partial charge in [0.05, 0.1) is 6.26 Å². The summed E-state index contributed by atoms with van der Waals surface area (Å²) in [5, 5.41) is 2.87. The van der Waals surface area contributed by atoms with Crippen LogP contribution in [0.5, 0.6) is 0 Å². The fraction of sp³-hybridized carbons (Fsp3) is 0.533. The Labute approximate surface area is 125 Å². The van der Waals surface area contributed by atoms with Crippen LogP contribution in [0.25, 0.3) is 0 Å². The Morgan fingerprint density at radius 2 is 2.00 bits per heavy atom. The minimum Gasteiger partial charge on any atom is -0.325 e. The van der Waals surface area contributed by atoms with E-state index in [9.17, 15) is 13.2 Å². The molecular formula is C15H20N2O3S. The number of carbonyl (C=O) groups excluding carboxylic acids is 1. The van der Waals surface area contributed by atoms with Crippen molar-refractivity contribution in [3.63, 3.8) is 0 Å². The average Bonchev–Trinajstić information content (AvgIpc) is 3.06. The minimum absolute atomic E-state index is 0.226. The van der Waals surface area contributed by atoms with Crippen LogP contribution in [-0.4, -0.2) is 37.5 Å². The molecule has 1 unspecified atom stereocenters. The third-order valence-corrected chi connectivity index (χ3v) is 5.59. The predicted molar refractivity (Wildman–Crippen MR) is 81.7 cm³/mol. The lowest BCUT2D eigenvalue weighted by Gasteiger charge is -2.21. The molecule has 1 aromatic rings. The van der Waals surface area contributed by atoms with Crippen LogP contribution in [0.4, 0.5) is 5.69 Å². The lowest BCUT2D eigenvalue weighted by molar-refractivity contribution is -0.119. The highest BCUT2D eigenvalue weighted by molar-refractivity contribution is 7.88. The first-order chi connectivity index (χ1) is 9.95. The summed E-state index contributed by atoms with van der Waals surface area (Å²) in [6.45, 7) is 0.432. The third kappa shape index (κ3) is 2.96. The molecule has 114 valence electrons. The van der Waals surface area contributed by atoms with Gasteiger partial charge in [-0.1, -0.05) is 6.07 Å². The average molecular weight is 308 g/mol. The number of carbonyl (C=O) groups is 1. The van der Waals surface area contributed by atoms with Gasteiger partial charge in [-0.15, -0.1) is 0 Å². The molecule has 0 bridgehead atoms. The standard InChI is InChI=1S/C15H20N2O3S/c1-21(19,20)17-9-3-6-14(17)15(18)16-13-8-7-11-4-2-5-12(11)10-13/h7-8,10,14H,2-6,9H2,1H3,(H,16,18).